The van der Waals surface area contributed by atoms with Gasteiger partial charge in [-0.3, -0.25) is 9.69 Å². The molecule has 1 N–H and O–H groups in total. The number of carbonyl (C=O) groups excluding carboxylic acids is 2. The lowest BCUT2D eigenvalue weighted by Crippen LogP contribution is -2.44. The molecule has 2 aliphatic rings. The molecule has 2 aliphatic heterocycles. The van der Waals surface area contributed by atoms with E-state index in [1.54, 1.807) is 30.3 Å². The molecule has 2 heterocycles. The van der Waals surface area contributed by atoms with E-state index in [1.807, 2.05) is 12.1 Å². The first-order valence-corrected chi connectivity index (χ1v) is 10.8. The van der Waals surface area contributed by atoms with E-state index >= 15 is 0 Å². The summed E-state index contributed by atoms with van der Waals surface area (Å²) in [6.45, 7) is 8.40. The van der Waals surface area contributed by atoms with E-state index in [9.17, 15) is 9.59 Å². The average Bonchev–Trinajstić information content (AvgIpc) is 3.21. The molecule has 0 aliphatic carbocycles. The number of carbonyl (C=O) groups is 2. The summed E-state index contributed by atoms with van der Waals surface area (Å²) in [5.74, 6) is 0.222. The van der Waals surface area contributed by atoms with E-state index in [1.165, 1.54) is 6.92 Å². The van der Waals surface area contributed by atoms with Crippen LogP contribution < -0.4 is 14.8 Å². The molecule has 170 valence electrons. The highest BCUT2D eigenvalue weighted by molar-refractivity contribution is 5.97. The van der Waals surface area contributed by atoms with Gasteiger partial charge < -0.3 is 24.3 Å². The van der Waals surface area contributed by atoms with Crippen LogP contribution in [0.1, 0.15) is 36.7 Å². The smallest absolute Gasteiger partial charge is 0.338 e. The number of rotatable bonds is 6. The van der Waals surface area contributed by atoms with Gasteiger partial charge in [-0.2, -0.15) is 0 Å². The van der Waals surface area contributed by atoms with Crippen molar-refractivity contribution >= 4 is 17.6 Å². The van der Waals surface area contributed by atoms with Crippen molar-refractivity contribution in [3.63, 3.8) is 0 Å². The van der Waals surface area contributed by atoms with Crippen molar-refractivity contribution in [2.75, 3.05) is 25.2 Å². The summed E-state index contributed by atoms with van der Waals surface area (Å²) in [5, 5.41) is 2.72. The Bertz CT molecular complexity index is 967. The van der Waals surface area contributed by atoms with Gasteiger partial charge in [-0.1, -0.05) is 12.1 Å². The quantitative estimate of drug-likeness (QED) is 0.691. The Kier molecular flexibility index (Phi) is 6.62. The molecule has 4 rings (SSSR count). The van der Waals surface area contributed by atoms with Crippen molar-refractivity contribution < 1.29 is 28.5 Å². The van der Waals surface area contributed by atoms with Crippen LogP contribution in [0.4, 0.5) is 5.69 Å². The number of hydrogen-bond donors (Lipinski definition) is 1. The summed E-state index contributed by atoms with van der Waals surface area (Å²) in [7, 11) is 0. The lowest BCUT2D eigenvalue weighted by atomic mass is 10.1. The number of nitrogens with one attached hydrogen (secondary N) is 1. The molecule has 8 nitrogen and oxygen atoms in total. The zero-order valence-corrected chi connectivity index (χ0v) is 18.5. The Hall–Kier alpha value is -3.10. The first kappa shape index (κ1) is 22.1. The van der Waals surface area contributed by atoms with E-state index in [0.29, 0.717) is 22.7 Å². The number of benzene rings is 2. The molecular formula is C24H28N2O6. The number of morpholine rings is 1. The lowest BCUT2D eigenvalue weighted by Gasteiger charge is -2.35. The van der Waals surface area contributed by atoms with Gasteiger partial charge in [0.25, 0.3) is 5.91 Å². The maximum absolute atomic E-state index is 12.5. The molecule has 1 fully saturated rings. The second kappa shape index (κ2) is 9.58. The van der Waals surface area contributed by atoms with Crippen molar-refractivity contribution in [3.8, 4) is 11.5 Å². The Labute approximate surface area is 187 Å². The molecule has 8 heteroatoms. The van der Waals surface area contributed by atoms with Crippen molar-refractivity contribution in [1.82, 2.24) is 4.90 Å². The van der Waals surface area contributed by atoms with Gasteiger partial charge in [0.15, 0.2) is 17.6 Å². The molecule has 3 atom stereocenters. The van der Waals surface area contributed by atoms with E-state index in [4.69, 9.17) is 18.9 Å². The predicted molar refractivity (Wildman–Crippen MR) is 118 cm³/mol. The fourth-order valence-electron chi connectivity index (χ4n) is 3.92. The third kappa shape index (κ3) is 5.38. The normalized spacial score (nSPS) is 21.1. The number of nitrogens with zero attached hydrogens (tertiary/aromatic N) is 1. The molecule has 0 unspecified atom stereocenters. The fraction of sp³-hybridized carbons (Fsp3) is 0.417. The topological polar surface area (TPSA) is 86.3 Å². The highest BCUT2D eigenvalue weighted by atomic mass is 16.7. The Balaban J connectivity index is 1.29. The number of amides is 1. The zero-order valence-electron chi connectivity index (χ0n) is 18.5. The van der Waals surface area contributed by atoms with Gasteiger partial charge in [0.2, 0.25) is 6.79 Å². The van der Waals surface area contributed by atoms with Crippen LogP contribution in [0.15, 0.2) is 42.5 Å². The van der Waals surface area contributed by atoms with Gasteiger partial charge in [-0.15, -0.1) is 0 Å². The largest absolute Gasteiger partial charge is 0.454 e. The van der Waals surface area contributed by atoms with Crippen LogP contribution >= 0.6 is 0 Å². The van der Waals surface area contributed by atoms with Crippen LogP contribution in [0.3, 0.4) is 0 Å². The Morgan fingerprint density at radius 2 is 1.75 bits per heavy atom. The minimum absolute atomic E-state index is 0.157. The van der Waals surface area contributed by atoms with Gasteiger partial charge in [0, 0.05) is 31.4 Å². The van der Waals surface area contributed by atoms with Crippen LogP contribution in [0, 0.1) is 0 Å². The summed E-state index contributed by atoms with van der Waals surface area (Å²) in [6, 6.07) is 12.4. The number of ether oxygens (including phenoxy) is 4. The number of fused-ring (bicyclic) bond motifs is 1. The molecule has 0 radical (unpaired) electrons. The summed E-state index contributed by atoms with van der Waals surface area (Å²) < 4.78 is 21.7. The molecule has 32 heavy (non-hydrogen) atoms. The summed E-state index contributed by atoms with van der Waals surface area (Å²) >= 11 is 0. The standard InChI is InChI=1S/C24H28N2O6/c1-15-11-26(12-16(2)31-15)13-18-4-6-19(7-5-18)24(28)32-17(3)23(27)25-20-8-9-21-22(10-20)30-14-29-21/h4-10,15-17H,11-14H2,1-3H3,(H,25,27)/t15-,16-,17-/m1/s1. The molecule has 1 saturated heterocycles. The van der Waals surface area contributed by atoms with Crippen LogP contribution in [0.5, 0.6) is 11.5 Å². The number of esters is 1. The van der Waals surface area contributed by atoms with Gasteiger partial charge in [0.05, 0.1) is 17.8 Å². The highest BCUT2D eigenvalue weighted by Crippen LogP contribution is 2.34. The highest BCUT2D eigenvalue weighted by Gasteiger charge is 2.23. The summed E-state index contributed by atoms with van der Waals surface area (Å²) in [4.78, 5) is 27.3. The van der Waals surface area contributed by atoms with Gasteiger partial charge in [0.1, 0.15) is 0 Å². The van der Waals surface area contributed by atoms with Crippen LogP contribution in [-0.4, -0.2) is 55.0 Å². The van der Waals surface area contributed by atoms with Gasteiger partial charge in [-0.25, -0.2) is 4.79 Å². The second-order valence-electron chi connectivity index (χ2n) is 8.25. The fourth-order valence-corrected chi connectivity index (χ4v) is 3.92. The molecular weight excluding hydrogens is 412 g/mol. The van der Waals surface area contributed by atoms with Crippen molar-refractivity contribution in [1.29, 1.82) is 0 Å². The number of hydrogen-bond acceptors (Lipinski definition) is 7. The third-order valence-electron chi connectivity index (χ3n) is 5.38. The molecule has 2 aromatic rings. The Morgan fingerprint density at radius 1 is 1.06 bits per heavy atom. The lowest BCUT2D eigenvalue weighted by molar-refractivity contribution is -0.123. The van der Waals surface area contributed by atoms with Crippen molar-refractivity contribution in [2.24, 2.45) is 0 Å². The third-order valence-corrected chi connectivity index (χ3v) is 5.38. The maximum atomic E-state index is 12.5. The minimum atomic E-state index is -0.955. The molecule has 0 spiro atoms. The summed E-state index contributed by atoms with van der Waals surface area (Å²) in [5.41, 5.74) is 2.05. The van der Waals surface area contributed by atoms with Crippen LogP contribution in [0.2, 0.25) is 0 Å². The number of anilines is 1. The van der Waals surface area contributed by atoms with E-state index in [0.717, 1.165) is 25.2 Å². The molecule has 0 saturated carbocycles. The van der Waals surface area contributed by atoms with Crippen molar-refractivity contribution in [3.05, 3.63) is 53.6 Å². The van der Waals surface area contributed by atoms with Crippen LogP contribution in [-0.2, 0) is 20.8 Å². The minimum Gasteiger partial charge on any atom is -0.454 e. The SMILES string of the molecule is C[C@@H]1CN(Cc2ccc(C(=O)O[C@H](C)C(=O)Nc3ccc4c(c3)OCO4)cc2)C[C@@H](C)O1. The first-order valence-electron chi connectivity index (χ1n) is 10.8. The van der Waals surface area contributed by atoms with Gasteiger partial charge >= 0.3 is 5.97 Å². The first-order chi connectivity index (χ1) is 15.4. The van der Waals surface area contributed by atoms with Crippen molar-refractivity contribution in [2.45, 2.75) is 45.6 Å². The molecule has 2 aromatic carbocycles. The predicted octanol–water partition coefficient (Wildman–Crippen LogP) is 3.21. The zero-order chi connectivity index (χ0) is 22.7. The monoisotopic (exact) mass is 440 g/mol. The molecule has 0 bridgehead atoms. The van der Waals surface area contributed by atoms with E-state index < -0.39 is 18.0 Å². The van der Waals surface area contributed by atoms with Gasteiger partial charge in [-0.05, 0) is 50.6 Å². The average molecular weight is 440 g/mol. The second-order valence-corrected chi connectivity index (χ2v) is 8.25. The molecule has 1 amide bonds. The Morgan fingerprint density at radius 3 is 2.47 bits per heavy atom. The summed E-state index contributed by atoms with van der Waals surface area (Å²) in [6.07, 6.45) is -0.541. The van der Waals surface area contributed by atoms with E-state index in [-0.39, 0.29) is 19.0 Å². The van der Waals surface area contributed by atoms with E-state index in [2.05, 4.69) is 24.1 Å². The van der Waals surface area contributed by atoms with Crippen LogP contribution in [0.25, 0.3) is 0 Å². The molecule has 0 aromatic heterocycles. The maximum Gasteiger partial charge on any atom is 0.338 e.